The van der Waals surface area contributed by atoms with E-state index in [4.69, 9.17) is 34.6 Å². The molecule has 3 aliphatic heterocycles. The van der Waals surface area contributed by atoms with Crippen LogP contribution in [0.5, 0.6) is 0 Å². The highest BCUT2D eigenvalue weighted by Gasteiger charge is 2.26. The number of carbonyl (C=O) groups excluding carboxylic acids is 1. The van der Waals surface area contributed by atoms with E-state index in [1.807, 2.05) is 0 Å². The van der Waals surface area contributed by atoms with Gasteiger partial charge in [-0.3, -0.25) is 9.59 Å². The Labute approximate surface area is 215 Å². The zero-order valence-electron chi connectivity index (χ0n) is 20.0. The fourth-order valence-electron chi connectivity index (χ4n) is 2.68. The van der Waals surface area contributed by atoms with Crippen LogP contribution in [0.25, 0.3) is 0 Å². The van der Waals surface area contributed by atoms with Crippen LogP contribution in [-0.2, 0) is 38.2 Å². The molecule has 0 aromatic heterocycles. The van der Waals surface area contributed by atoms with Crippen molar-refractivity contribution < 1.29 is 58.6 Å². The zero-order chi connectivity index (χ0) is 27.8. The van der Waals surface area contributed by atoms with Gasteiger partial charge in [-0.2, -0.15) is 0 Å². The Morgan fingerprint density at radius 2 is 1.03 bits per heavy atom. The molecule has 0 aromatic carbocycles. The summed E-state index contributed by atoms with van der Waals surface area (Å²) in [5.41, 5.74) is 0. The first kappa shape index (κ1) is 35.1. The van der Waals surface area contributed by atoms with Crippen LogP contribution in [0.3, 0.4) is 0 Å². The predicted octanol–water partition coefficient (Wildman–Crippen LogP) is 3.53. The van der Waals surface area contributed by atoms with Crippen molar-refractivity contribution in [2.24, 2.45) is 0 Å². The second-order valence-corrected chi connectivity index (χ2v) is 7.68. The van der Waals surface area contributed by atoms with Crippen LogP contribution in [0.4, 0.5) is 0 Å². The van der Waals surface area contributed by atoms with Gasteiger partial charge in [0.05, 0.1) is 23.7 Å². The fraction of sp³-hybridized carbons (Fsp3) is 0.480. The molecule has 0 spiro atoms. The number of hydrogen-bond acceptors (Lipinski definition) is 8. The lowest BCUT2D eigenvalue weighted by atomic mass is 10.2. The van der Waals surface area contributed by atoms with E-state index in [0.717, 1.165) is 0 Å². The Morgan fingerprint density at radius 3 is 1.16 bits per heavy atom. The van der Waals surface area contributed by atoms with Crippen LogP contribution in [0.1, 0.15) is 59.3 Å². The van der Waals surface area contributed by atoms with Crippen LogP contribution in [-0.4, -0.2) is 68.4 Å². The van der Waals surface area contributed by atoms with E-state index in [9.17, 15) is 24.0 Å². The molecule has 3 rings (SSSR count). The van der Waals surface area contributed by atoms with Gasteiger partial charge in [0.25, 0.3) is 0 Å². The topological polar surface area (TPSA) is 194 Å². The number of hydrogen-bond donors (Lipinski definition) is 4. The Morgan fingerprint density at radius 1 is 0.730 bits per heavy atom. The smallest absolute Gasteiger partial charge is 0.344 e. The highest BCUT2D eigenvalue weighted by atomic mass is 16.5. The summed E-state index contributed by atoms with van der Waals surface area (Å²) in [7, 11) is 0. The zero-order valence-corrected chi connectivity index (χ0v) is 20.0. The summed E-state index contributed by atoms with van der Waals surface area (Å²) in [5, 5.41) is 33.2. The van der Waals surface area contributed by atoms with Gasteiger partial charge in [0.15, 0.2) is 24.1 Å². The van der Waals surface area contributed by atoms with Crippen LogP contribution >= 0.6 is 0 Å². The Hall–Kier alpha value is -4.09. The number of carboxylic acid groups (broad SMARTS) is 4. The van der Waals surface area contributed by atoms with Gasteiger partial charge in [-0.25, -0.2) is 14.4 Å². The van der Waals surface area contributed by atoms with Gasteiger partial charge in [-0.1, -0.05) is 33.2 Å². The summed E-state index contributed by atoms with van der Waals surface area (Å²) in [6.07, 6.45) is 4.28. The van der Waals surface area contributed by atoms with E-state index in [1.165, 1.54) is 19.1 Å². The van der Waals surface area contributed by atoms with Gasteiger partial charge >= 0.3 is 23.9 Å². The first-order chi connectivity index (χ1) is 16.7. The molecule has 0 bridgehead atoms. The number of rotatable bonds is 6. The molecule has 1 unspecified atom stereocenters. The van der Waals surface area contributed by atoms with Crippen molar-refractivity contribution in [2.45, 2.75) is 77.6 Å². The van der Waals surface area contributed by atoms with Crippen LogP contribution < -0.4 is 0 Å². The lowest BCUT2D eigenvalue weighted by Gasteiger charge is -2.01. The summed E-state index contributed by atoms with van der Waals surface area (Å²) in [5.74, 6) is -1.98. The van der Waals surface area contributed by atoms with E-state index in [2.05, 4.69) is 19.7 Å². The number of aliphatic carboxylic acids is 4. The third kappa shape index (κ3) is 17.1. The first-order valence-electron chi connectivity index (χ1n) is 10.8. The molecule has 3 aliphatic rings. The molecule has 12 nitrogen and oxygen atoms in total. The van der Waals surface area contributed by atoms with E-state index in [0.29, 0.717) is 55.8 Å². The third-order valence-corrected chi connectivity index (χ3v) is 4.45. The van der Waals surface area contributed by atoms with E-state index < -0.39 is 42.2 Å². The summed E-state index contributed by atoms with van der Waals surface area (Å²) in [6, 6.07) is 0. The molecule has 208 valence electrons. The molecular weight excluding hydrogens is 492 g/mol. The molecule has 0 aromatic rings. The molecule has 37 heavy (non-hydrogen) atoms. The molecule has 0 aliphatic carbocycles. The molecule has 3 atom stereocenters. The average Bonchev–Trinajstić information content (AvgIpc) is 3.50. The van der Waals surface area contributed by atoms with Gasteiger partial charge in [-0.05, 0) is 13.0 Å². The lowest BCUT2D eigenvalue weighted by molar-refractivity contribution is -0.146. The van der Waals surface area contributed by atoms with Crippen LogP contribution in [0, 0.1) is 0 Å². The number of ether oxygens (including phenoxy) is 3. The largest absolute Gasteiger partial charge is 0.484 e. The third-order valence-electron chi connectivity index (χ3n) is 4.45. The van der Waals surface area contributed by atoms with Crippen molar-refractivity contribution in [3.05, 3.63) is 49.2 Å². The number of allylic oxidation sites excluding steroid dienone is 4. The summed E-state index contributed by atoms with van der Waals surface area (Å²) in [6.45, 7) is 11.9. The number of carboxylic acids is 4. The van der Waals surface area contributed by atoms with Crippen LogP contribution in [0.2, 0.25) is 0 Å². The molecular formula is C25H36O12. The van der Waals surface area contributed by atoms with Crippen molar-refractivity contribution in [3.63, 3.8) is 0 Å². The SMILES string of the molecule is C.C=C1CCC(C(=O)O)O1.C=C1CC[C@@H](C(=O)O)O1.C=C1CC[C@H](C(=O)O)O1.CC(=O)/C=C/CC(=O)O. The summed E-state index contributed by atoms with van der Waals surface area (Å²) in [4.78, 5) is 50.5. The van der Waals surface area contributed by atoms with Gasteiger partial charge in [0, 0.05) is 38.5 Å². The molecule has 4 N–H and O–H groups in total. The summed E-state index contributed by atoms with van der Waals surface area (Å²) >= 11 is 0. The standard InChI is InChI=1S/4C6H8O3.CH4/c3*1-4-2-3-5(9-4)6(7)8;1-5(7)3-2-4-6(8)9;/h3*5H,1-3H2,(H,7,8);2-3H,4H2,1H3,(H,8,9);1H4/b;;;3-2+;/t2*5-;;;/m10.../s1. The maximum atomic E-state index is 10.2. The quantitative estimate of drug-likeness (QED) is 0.367. The molecule has 3 heterocycles. The minimum atomic E-state index is -0.924. The van der Waals surface area contributed by atoms with E-state index in [-0.39, 0.29) is 19.6 Å². The second-order valence-electron chi connectivity index (χ2n) is 7.68. The van der Waals surface area contributed by atoms with Crippen molar-refractivity contribution in [1.82, 2.24) is 0 Å². The van der Waals surface area contributed by atoms with E-state index >= 15 is 0 Å². The van der Waals surface area contributed by atoms with Crippen molar-refractivity contribution in [1.29, 1.82) is 0 Å². The molecule has 12 heteroatoms. The Kier molecular flexibility index (Phi) is 17.3. The first-order valence-corrected chi connectivity index (χ1v) is 10.8. The minimum absolute atomic E-state index is 0. The van der Waals surface area contributed by atoms with Crippen molar-refractivity contribution in [2.75, 3.05) is 0 Å². The van der Waals surface area contributed by atoms with Crippen molar-refractivity contribution in [3.8, 4) is 0 Å². The monoisotopic (exact) mass is 528 g/mol. The molecule has 3 saturated heterocycles. The number of ketones is 1. The molecule has 0 saturated carbocycles. The van der Waals surface area contributed by atoms with Gasteiger partial charge < -0.3 is 34.6 Å². The van der Waals surface area contributed by atoms with Gasteiger partial charge in [-0.15, -0.1) is 0 Å². The fourth-order valence-corrected chi connectivity index (χ4v) is 2.68. The average molecular weight is 529 g/mol. The Bertz CT molecular complexity index is 801. The highest BCUT2D eigenvalue weighted by molar-refractivity contribution is 5.87. The maximum Gasteiger partial charge on any atom is 0.344 e. The molecule has 3 fully saturated rings. The maximum absolute atomic E-state index is 10.2. The van der Waals surface area contributed by atoms with E-state index in [1.54, 1.807) is 0 Å². The van der Waals surface area contributed by atoms with Crippen molar-refractivity contribution >= 4 is 29.7 Å². The number of carbonyl (C=O) groups is 5. The molecule has 0 radical (unpaired) electrons. The van der Waals surface area contributed by atoms with Crippen LogP contribution in [0.15, 0.2) is 49.2 Å². The lowest BCUT2D eigenvalue weighted by Crippen LogP contribution is -2.17. The highest BCUT2D eigenvalue weighted by Crippen LogP contribution is 2.22. The van der Waals surface area contributed by atoms with Gasteiger partial charge in [0.1, 0.15) is 0 Å². The normalized spacial score (nSPS) is 21.2. The van der Waals surface area contributed by atoms with Gasteiger partial charge in [0.2, 0.25) is 0 Å². The molecule has 0 amide bonds. The predicted molar refractivity (Wildman–Crippen MR) is 131 cm³/mol. The second kappa shape index (κ2) is 18.2. The minimum Gasteiger partial charge on any atom is -0.484 e. The Balaban J connectivity index is 0. The summed E-state index contributed by atoms with van der Waals surface area (Å²) < 4.78 is 14.5.